The molecule has 0 saturated heterocycles. The highest BCUT2D eigenvalue weighted by Gasteiger charge is 2.17. The number of fused-ring (bicyclic) bond motifs is 1. The number of rotatable bonds is 2. The van der Waals surface area contributed by atoms with Crippen molar-refractivity contribution >= 4 is 29.1 Å². The van der Waals surface area contributed by atoms with Gasteiger partial charge in [0.05, 0.1) is 11.1 Å². The van der Waals surface area contributed by atoms with Crippen LogP contribution in [-0.4, -0.2) is 52.0 Å². The summed E-state index contributed by atoms with van der Waals surface area (Å²) in [6.07, 6.45) is -1.23. The monoisotopic (exact) mass is 389 g/mol. The Bertz CT molecular complexity index is 959. The highest BCUT2D eigenvalue weighted by Crippen LogP contribution is 2.15. The molecule has 1 aliphatic heterocycles. The summed E-state index contributed by atoms with van der Waals surface area (Å²) < 4.78 is 0. The molecule has 142 valence electrons. The number of halogens is 1. The van der Waals surface area contributed by atoms with Crippen LogP contribution in [0.5, 0.6) is 0 Å². The van der Waals surface area contributed by atoms with Crippen LogP contribution in [-0.2, 0) is 4.79 Å². The summed E-state index contributed by atoms with van der Waals surface area (Å²) in [5, 5.41) is 29.5. The molecular weight excluding hydrogens is 370 g/mol. The first kappa shape index (κ1) is 20.6. The number of aliphatic carboxylic acids is 1. The van der Waals surface area contributed by atoms with Crippen molar-refractivity contribution in [3.05, 3.63) is 69.7 Å². The van der Waals surface area contributed by atoms with Gasteiger partial charge in [-0.25, -0.2) is 14.9 Å². The van der Waals surface area contributed by atoms with Crippen LogP contribution in [0.3, 0.4) is 0 Å². The van der Waals surface area contributed by atoms with Gasteiger partial charge in [0.2, 0.25) is 0 Å². The summed E-state index contributed by atoms with van der Waals surface area (Å²) in [7, 11) is 1.66. The molecule has 8 heteroatoms. The SMILES string of the molecule is CC(O)C(=O)O.CN=C1CN(O)C(c2ccccc2)=c2cc(Cl)ccc2=N1. The number of carbonyl (C=O) groups is 1. The lowest BCUT2D eigenvalue weighted by molar-refractivity contribution is -0.145. The van der Waals surface area contributed by atoms with Crippen LogP contribution < -0.4 is 10.6 Å². The first-order valence-corrected chi connectivity index (χ1v) is 8.48. The lowest BCUT2D eigenvalue weighted by Gasteiger charge is -2.19. The molecule has 7 nitrogen and oxygen atoms in total. The maximum atomic E-state index is 10.5. The van der Waals surface area contributed by atoms with Crippen molar-refractivity contribution in [1.82, 2.24) is 5.06 Å². The molecule has 3 rings (SSSR count). The number of hydrogen-bond acceptors (Lipinski definition) is 5. The third-order valence-electron chi connectivity index (χ3n) is 3.68. The smallest absolute Gasteiger partial charge is 0.332 e. The number of nitrogens with zero attached hydrogens (tertiary/aromatic N) is 3. The minimum atomic E-state index is -1.23. The second kappa shape index (κ2) is 9.27. The van der Waals surface area contributed by atoms with Crippen molar-refractivity contribution < 1.29 is 20.2 Å². The fourth-order valence-electron chi connectivity index (χ4n) is 2.34. The van der Waals surface area contributed by atoms with Gasteiger partial charge in [0.25, 0.3) is 0 Å². The summed E-state index contributed by atoms with van der Waals surface area (Å²) >= 11 is 6.12. The summed E-state index contributed by atoms with van der Waals surface area (Å²) in [5.41, 5.74) is 1.58. The van der Waals surface area contributed by atoms with E-state index in [9.17, 15) is 10.0 Å². The van der Waals surface area contributed by atoms with Gasteiger partial charge in [0.1, 0.15) is 18.5 Å². The number of carboxylic acids is 1. The number of aliphatic hydroxyl groups is 1. The summed E-state index contributed by atoms with van der Waals surface area (Å²) in [6, 6.07) is 15.1. The predicted molar refractivity (Wildman–Crippen MR) is 102 cm³/mol. The van der Waals surface area contributed by atoms with E-state index < -0.39 is 12.1 Å². The van der Waals surface area contributed by atoms with E-state index in [0.717, 1.165) is 16.1 Å². The van der Waals surface area contributed by atoms with Crippen LogP contribution in [0.4, 0.5) is 0 Å². The first-order valence-electron chi connectivity index (χ1n) is 8.10. The molecule has 0 spiro atoms. The maximum absolute atomic E-state index is 10.5. The molecule has 0 amide bonds. The molecule has 2 aromatic rings. The van der Waals surface area contributed by atoms with E-state index in [4.69, 9.17) is 21.8 Å². The zero-order chi connectivity index (χ0) is 20.0. The van der Waals surface area contributed by atoms with Gasteiger partial charge in [-0.05, 0) is 25.1 Å². The third kappa shape index (κ3) is 5.37. The van der Waals surface area contributed by atoms with Crippen molar-refractivity contribution in [1.29, 1.82) is 0 Å². The van der Waals surface area contributed by atoms with E-state index in [1.807, 2.05) is 42.5 Å². The van der Waals surface area contributed by atoms with Gasteiger partial charge in [0.15, 0.2) is 0 Å². The van der Waals surface area contributed by atoms with Crippen molar-refractivity contribution in [3.8, 4) is 0 Å². The Labute approximate surface area is 161 Å². The fourth-order valence-corrected chi connectivity index (χ4v) is 2.52. The molecule has 0 aromatic heterocycles. The Morgan fingerprint density at radius 3 is 2.44 bits per heavy atom. The number of carboxylic acid groups (broad SMARTS) is 1. The van der Waals surface area contributed by atoms with E-state index >= 15 is 0 Å². The average molecular weight is 390 g/mol. The maximum Gasteiger partial charge on any atom is 0.332 e. The lowest BCUT2D eigenvalue weighted by atomic mass is 10.1. The standard InChI is InChI=1S/C16H14ClN3O.C3H6O3/c1-18-15-10-20(21)16(11-5-3-2-4-6-11)13-9-12(17)7-8-14(13)19-15;1-2(4)3(5)6/h2-9,21H,10H2,1H3;2,4H,1H3,(H,5,6). The van der Waals surface area contributed by atoms with Crippen LogP contribution in [0.2, 0.25) is 5.02 Å². The van der Waals surface area contributed by atoms with Gasteiger partial charge < -0.3 is 10.2 Å². The van der Waals surface area contributed by atoms with Crippen molar-refractivity contribution in [2.24, 2.45) is 9.98 Å². The van der Waals surface area contributed by atoms with Crippen LogP contribution in [0.15, 0.2) is 58.5 Å². The Hall–Kier alpha value is -2.74. The minimum absolute atomic E-state index is 0.229. The second-order valence-corrected chi connectivity index (χ2v) is 6.14. The van der Waals surface area contributed by atoms with Gasteiger partial charge in [-0.15, -0.1) is 0 Å². The molecule has 0 fully saturated rings. The van der Waals surface area contributed by atoms with Crippen LogP contribution in [0, 0.1) is 0 Å². The number of hydrogen-bond donors (Lipinski definition) is 3. The fraction of sp³-hybridized carbons (Fsp3) is 0.211. The first-order chi connectivity index (χ1) is 12.8. The van der Waals surface area contributed by atoms with Gasteiger partial charge in [-0.1, -0.05) is 41.9 Å². The van der Waals surface area contributed by atoms with Gasteiger partial charge >= 0.3 is 5.97 Å². The minimum Gasteiger partial charge on any atom is -0.479 e. The Balaban J connectivity index is 0.000000380. The molecule has 1 unspecified atom stereocenters. The number of aliphatic hydroxyl groups excluding tert-OH is 1. The van der Waals surface area contributed by atoms with Gasteiger partial charge in [0, 0.05) is 22.9 Å². The number of hydroxylamine groups is 2. The van der Waals surface area contributed by atoms with Crippen LogP contribution >= 0.6 is 11.6 Å². The molecule has 0 aliphatic carbocycles. The van der Waals surface area contributed by atoms with Crippen molar-refractivity contribution in [3.63, 3.8) is 0 Å². The van der Waals surface area contributed by atoms with E-state index in [1.54, 1.807) is 13.1 Å². The molecule has 0 radical (unpaired) electrons. The highest BCUT2D eigenvalue weighted by molar-refractivity contribution is 6.30. The van der Waals surface area contributed by atoms with E-state index in [1.165, 1.54) is 12.0 Å². The van der Waals surface area contributed by atoms with Crippen molar-refractivity contribution in [2.45, 2.75) is 13.0 Å². The molecule has 1 atom stereocenters. The zero-order valence-electron chi connectivity index (χ0n) is 14.9. The Morgan fingerprint density at radius 1 is 1.26 bits per heavy atom. The van der Waals surface area contributed by atoms with Crippen molar-refractivity contribution in [2.75, 3.05) is 13.6 Å². The largest absolute Gasteiger partial charge is 0.479 e. The summed E-state index contributed by atoms with van der Waals surface area (Å²) in [4.78, 5) is 18.1. The summed E-state index contributed by atoms with van der Waals surface area (Å²) in [6.45, 7) is 1.43. The van der Waals surface area contributed by atoms with E-state index in [-0.39, 0.29) is 6.54 Å². The van der Waals surface area contributed by atoms with Gasteiger partial charge in [-0.2, -0.15) is 0 Å². The summed E-state index contributed by atoms with van der Waals surface area (Å²) in [5.74, 6) is -0.623. The average Bonchev–Trinajstić information content (AvgIpc) is 2.78. The Morgan fingerprint density at radius 2 is 1.89 bits per heavy atom. The van der Waals surface area contributed by atoms with Crippen LogP contribution in [0.25, 0.3) is 5.70 Å². The van der Waals surface area contributed by atoms with E-state index in [0.29, 0.717) is 16.6 Å². The topological polar surface area (TPSA) is 106 Å². The molecule has 3 N–H and O–H groups in total. The lowest BCUT2D eigenvalue weighted by Crippen LogP contribution is -2.31. The predicted octanol–water partition coefficient (Wildman–Crippen LogP) is 1.30. The Kier molecular flexibility index (Phi) is 7.06. The van der Waals surface area contributed by atoms with Gasteiger partial charge in [-0.3, -0.25) is 10.2 Å². The molecule has 0 bridgehead atoms. The molecular formula is C19H20ClN3O4. The molecule has 1 aliphatic rings. The number of benzene rings is 2. The molecule has 0 saturated carbocycles. The molecule has 1 heterocycles. The number of aliphatic imine (C=N–C) groups is 1. The molecule has 2 aromatic carbocycles. The zero-order valence-corrected chi connectivity index (χ0v) is 15.6. The van der Waals surface area contributed by atoms with E-state index in [2.05, 4.69) is 9.98 Å². The normalized spacial score (nSPS) is 15.8. The third-order valence-corrected chi connectivity index (χ3v) is 3.91. The van der Waals surface area contributed by atoms with Crippen LogP contribution in [0.1, 0.15) is 12.5 Å². The highest BCUT2D eigenvalue weighted by atomic mass is 35.5. The molecule has 27 heavy (non-hydrogen) atoms. The quantitative estimate of drug-likeness (QED) is 0.718. The second-order valence-electron chi connectivity index (χ2n) is 5.70. The number of amidine groups is 1.